The number of nitrogens with zero attached hydrogens (tertiary/aromatic N) is 1. The zero-order valence-electron chi connectivity index (χ0n) is 11.1. The summed E-state index contributed by atoms with van der Waals surface area (Å²) in [5.41, 5.74) is 0.449. The number of carbonyl (C=O) groups excluding carboxylic acids is 1. The molecule has 2 N–H and O–H groups in total. The summed E-state index contributed by atoms with van der Waals surface area (Å²) < 4.78 is 0. The number of likely N-dealkylation sites (N-methyl/N-ethyl adjacent to an activating group) is 1. The second-order valence-corrected chi connectivity index (χ2v) is 5.70. The van der Waals surface area contributed by atoms with Crippen LogP contribution < -0.4 is 10.6 Å². The maximum Gasteiger partial charge on any atom is 0.245 e. The summed E-state index contributed by atoms with van der Waals surface area (Å²) in [6.07, 6.45) is 0. The zero-order chi connectivity index (χ0) is 13.1. The molecule has 0 aromatic carbocycles. The number of amides is 1. The van der Waals surface area contributed by atoms with Gasteiger partial charge in [-0.25, -0.2) is 4.98 Å². The fraction of sp³-hybridized carbons (Fsp3) is 0.667. The Morgan fingerprint density at radius 2 is 2.18 bits per heavy atom. The van der Waals surface area contributed by atoms with E-state index in [0.29, 0.717) is 11.0 Å². The molecule has 0 fully saturated rings. The molecule has 1 aromatic rings. The Balaban J connectivity index is 2.67. The number of hydrogen-bond donors (Lipinski definition) is 2. The first-order valence-electron chi connectivity index (χ1n) is 5.88. The number of thiazole rings is 1. The Labute approximate surface area is 107 Å². The zero-order valence-corrected chi connectivity index (χ0v) is 11.9. The summed E-state index contributed by atoms with van der Waals surface area (Å²) in [5.74, 6) is 0.336. The lowest BCUT2D eigenvalue weighted by atomic mass is 10.1. The lowest BCUT2D eigenvalue weighted by molar-refractivity contribution is -0.121. The second kappa shape index (κ2) is 5.60. The van der Waals surface area contributed by atoms with E-state index in [4.69, 9.17) is 0 Å². The van der Waals surface area contributed by atoms with Crippen LogP contribution in [0.3, 0.4) is 0 Å². The smallest absolute Gasteiger partial charge is 0.245 e. The van der Waals surface area contributed by atoms with Gasteiger partial charge in [-0.2, -0.15) is 0 Å². The van der Waals surface area contributed by atoms with Gasteiger partial charge in [0.1, 0.15) is 0 Å². The Morgan fingerprint density at radius 1 is 1.53 bits per heavy atom. The van der Waals surface area contributed by atoms with Crippen LogP contribution in [0.25, 0.3) is 0 Å². The van der Waals surface area contributed by atoms with E-state index in [1.54, 1.807) is 0 Å². The molecule has 96 valence electrons. The molecule has 0 radical (unpaired) electrons. The predicted molar refractivity (Wildman–Crippen MR) is 72.6 cm³/mol. The highest BCUT2D eigenvalue weighted by molar-refractivity contribution is 7.13. The highest BCUT2D eigenvalue weighted by Gasteiger charge is 2.26. The van der Waals surface area contributed by atoms with Crippen LogP contribution in [0.5, 0.6) is 0 Å². The molecule has 0 saturated heterocycles. The minimum atomic E-state index is -0.571. The number of carbonyl (C=O) groups is 1. The summed E-state index contributed by atoms with van der Waals surface area (Å²) in [7, 11) is 0. The minimum absolute atomic E-state index is 0.0518. The molecule has 4 nitrogen and oxygen atoms in total. The van der Waals surface area contributed by atoms with Gasteiger partial charge in [0.2, 0.25) is 5.91 Å². The van der Waals surface area contributed by atoms with Crippen molar-refractivity contribution in [3.63, 3.8) is 0 Å². The van der Waals surface area contributed by atoms with Crippen LogP contribution >= 0.6 is 11.3 Å². The summed E-state index contributed by atoms with van der Waals surface area (Å²) in [6, 6.07) is 0. The fourth-order valence-corrected chi connectivity index (χ4v) is 2.25. The van der Waals surface area contributed by atoms with Crippen LogP contribution in [0.1, 0.15) is 46.2 Å². The maximum absolute atomic E-state index is 12.0. The summed E-state index contributed by atoms with van der Waals surface area (Å²) in [6.45, 7) is 10.6. The molecule has 0 aliphatic rings. The first kappa shape index (κ1) is 14.1. The Bertz CT molecular complexity index is 385. The molecule has 1 rings (SSSR count). The van der Waals surface area contributed by atoms with Crippen molar-refractivity contribution in [2.75, 3.05) is 11.9 Å². The molecule has 17 heavy (non-hydrogen) atoms. The minimum Gasteiger partial charge on any atom is -0.304 e. The van der Waals surface area contributed by atoms with Gasteiger partial charge in [0.05, 0.1) is 11.2 Å². The molecule has 5 heteroatoms. The topological polar surface area (TPSA) is 54.0 Å². The Morgan fingerprint density at radius 3 is 2.65 bits per heavy atom. The van der Waals surface area contributed by atoms with Crippen LogP contribution in [0.15, 0.2) is 5.38 Å². The van der Waals surface area contributed by atoms with E-state index < -0.39 is 5.54 Å². The molecular weight excluding hydrogens is 234 g/mol. The van der Waals surface area contributed by atoms with Crippen molar-refractivity contribution in [3.8, 4) is 0 Å². The van der Waals surface area contributed by atoms with Gasteiger partial charge in [0.25, 0.3) is 0 Å². The van der Waals surface area contributed by atoms with E-state index in [-0.39, 0.29) is 5.91 Å². The van der Waals surface area contributed by atoms with Crippen LogP contribution in [0, 0.1) is 0 Å². The van der Waals surface area contributed by atoms with Crippen molar-refractivity contribution in [1.29, 1.82) is 0 Å². The number of hydrogen-bond acceptors (Lipinski definition) is 4. The molecule has 0 spiro atoms. The van der Waals surface area contributed by atoms with E-state index in [1.807, 2.05) is 26.2 Å². The molecular formula is C12H21N3OS. The van der Waals surface area contributed by atoms with Gasteiger partial charge in [-0.15, -0.1) is 11.3 Å². The van der Waals surface area contributed by atoms with Crippen molar-refractivity contribution in [2.45, 2.75) is 46.1 Å². The molecule has 1 heterocycles. The van der Waals surface area contributed by atoms with Gasteiger partial charge in [-0.05, 0) is 26.3 Å². The first-order valence-corrected chi connectivity index (χ1v) is 6.76. The van der Waals surface area contributed by atoms with E-state index in [2.05, 4.69) is 29.5 Å². The van der Waals surface area contributed by atoms with Crippen LogP contribution in [0.2, 0.25) is 0 Å². The quantitative estimate of drug-likeness (QED) is 0.850. The molecule has 0 bridgehead atoms. The highest BCUT2D eigenvalue weighted by Crippen LogP contribution is 2.22. The van der Waals surface area contributed by atoms with Gasteiger partial charge >= 0.3 is 0 Å². The first-order chi connectivity index (χ1) is 7.86. The van der Waals surface area contributed by atoms with Gasteiger partial charge in [-0.3, -0.25) is 4.79 Å². The summed E-state index contributed by atoms with van der Waals surface area (Å²) >= 11 is 1.47. The predicted octanol–water partition coefficient (Wildman–Crippen LogP) is 2.59. The largest absolute Gasteiger partial charge is 0.304 e. The van der Waals surface area contributed by atoms with Crippen LogP contribution in [-0.2, 0) is 4.79 Å². The summed E-state index contributed by atoms with van der Waals surface area (Å²) in [5, 5.41) is 8.64. The van der Waals surface area contributed by atoms with E-state index >= 15 is 0 Å². The molecule has 1 amide bonds. The lowest BCUT2D eigenvalue weighted by Crippen LogP contribution is -2.49. The maximum atomic E-state index is 12.0. The van der Waals surface area contributed by atoms with Crippen molar-refractivity contribution >= 4 is 22.4 Å². The second-order valence-electron chi connectivity index (χ2n) is 4.84. The average molecular weight is 255 g/mol. The monoisotopic (exact) mass is 255 g/mol. The molecule has 0 aliphatic heterocycles. The standard InChI is InChI=1S/C12H21N3OS/c1-6-13-12(4,5)10(16)15-11-14-9(7-17-11)8(2)3/h7-8,13H,6H2,1-5H3,(H,14,15,16). The molecule has 1 aromatic heterocycles. The SMILES string of the molecule is CCNC(C)(C)C(=O)Nc1nc(C(C)C)cs1. The Kier molecular flexibility index (Phi) is 4.65. The Hall–Kier alpha value is -0.940. The molecule has 0 aliphatic carbocycles. The van der Waals surface area contributed by atoms with Gasteiger partial charge < -0.3 is 10.6 Å². The summed E-state index contributed by atoms with van der Waals surface area (Å²) in [4.78, 5) is 16.4. The van der Waals surface area contributed by atoms with E-state index in [0.717, 1.165) is 12.2 Å². The van der Waals surface area contributed by atoms with Crippen molar-refractivity contribution in [2.24, 2.45) is 0 Å². The average Bonchev–Trinajstić information content (AvgIpc) is 2.66. The third-order valence-electron chi connectivity index (χ3n) is 2.52. The van der Waals surface area contributed by atoms with Gasteiger partial charge in [0, 0.05) is 5.38 Å². The van der Waals surface area contributed by atoms with E-state index in [1.165, 1.54) is 11.3 Å². The third-order valence-corrected chi connectivity index (χ3v) is 3.30. The lowest BCUT2D eigenvalue weighted by Gasteiger charge is -2.23. The molecule has 0 unspecified atom stereocenters. The highest BCUT2D eigenvalue weighted by atomic mass is 32.1. The van der Waals surface area contributed by atoms with Crippen LogP contribution in [-0.4, -0.2) is 23.0 Å². The number of aromatic nitrogens is 1. The fourth-order valence-electron chi connectivity index (χ4n) is 1.38. The molecule has 0 atom stereocenters. The number of rotatable bonds is 5. The number of nitrogens with one attached hydrogen (secondary N) is 2. The normalized spacial score (nSPS) is 11.9. The third kappa shape index (κ3) is 3.78. The van der Waals surface area contributed by atoms with Crippen LogP contribution in [0.4, 0.5) is 5.13 Å². The van der Waals surface area contributed by atoms with E-state index in [9.17, 15) is 4.79 Å². The number of anilines is 1. The molecule has 0 saturated carbocycles. The van der Waals surface area contributed by atoms with Gasteiger partial charge in [0.15, 0.2) is 5.13 Å². The van der Waals surface area contributed by atoms with Crippen molar-refractivity contribution in [3.05, 3.63) is 11.1 Å². The van der Waals surface area contributed by atoms with Crippen molar-refractivity contribution < 1.29 is 4.79 Å². The van der Waals surface area contributed by atoms with Crippen molar-refractivity contribution in [1.82, 2.24) is 10.3 Å². The van der Waals surface area contributed by atoms with Gasteiger partial charge in [-0.1, -0.05) is 20.8 Å².